The molecule has 76 valence electrons. The first kappa shape index (κ1) is 9.81. The number of hydrogen-bond donors (Lipinski definition) is 2. The first-order chi connectivity index (χ1) is 6.66. The standard InChI is InChI=1S/C11H14ClNO/c12-11-6-9(14)3-4-10(11)7-1-2-8(13)5-7/h3-4,6-8,14H,1-2,5,13H2. The fraction of sp³-hybridized carbons (Fsp3) is 0.455. The molecule has 3 N–H and O–H groups in total. The number of benzene rings is 1. The van der Waals surface area contributed by atoms with E-state index in [0.717, 1.165) is 24.8 Å². The molecule has 1 saturated carbocycles. The normalized spacial score (nSPS) is 26.7. The lowest BCUT2D eigenvalue weighted by Crippen LogP contribution is -2.14. The van der Waals surface area contributed by atoms with Crippen LogP contribution in [0.3, 0.4) is 0 Å². The average Bonchev–Trinajstić information content (AvgIpc) is 2.51. The van der Waals surface area contributed by atoms with Crippen molar-refractivity contribution in [3.05, 3.63) is 28.8 Å². The summed E-state index contributed by atoms with van der Waals surface area (Å²) in [4.78, 5) is 0. The number of phenols is 1. The molecule has 2 unspecified atom stereocenters. The number of nitrogens with two attached hydrogens (primary N) is 1. The van der Waals surface area contributed by atoms with Crippen LogP contribution < -0.4 is 5.73 Å². The van der Waals surface area contributed by atoms with Gasteiger partial charge in [-0.1, -0.05) is 17.7 Å². The third-order valence-corrected chi connectivity index (χ3v) is 3.22. The van der Waals surface area contributed by atoms with Crippen LogP contribution in [0.5, 0.6) is 5.75 Å². The molecule has 1 aliphatic carbocycles. The molecule has 1 aliphatic rings. The van der Waals surface area contributed by atoms with Crippen molar-refractivity contribution in [3.63, 3.8) is 0 Å². The highest BCUT2D eigenvalue weighted by Crippen LogP contribution is 2.38. The second kappa shape index (κ2) is 3.79. The molecular weight excluding hydrogens is 198 g/mol. The van der Waals surface area contributed by atoms with E-state index in [1.54, 1.807) is 12.1 Å². The maximum atomic E-state index is 9.22. The van der Waals surface area contributed by atoms with E-state index in [-0.39, 0.29) is 5.75 Å². The maximum Gasteiger partial charge on any atom is 0.117 e. The topological polar surface area (TPSA) is 46.2 Å². The van der Waals surface area contributed by atoms with Gasteiger partial charge in [-0.05, 0) is 42.9 Å². The summed E-state index contributed by atoms with van der Waals surface area (Å²) in [6.07, 6.45) is 3.18. The highest BCUT2D eigenvalue weighted by molar-refractivity contribution is 6.31. The van der Waals surface area contributed by atoms with Gasteiger partial charge in [-0.2, -0.15) is 0 Å². The second-order valence-corrected chi connectivity index (χ2v) is 4.38. The highest BCUT2D eigenvalue weighted by Gasteiger charge is 2.24. The van der Waals surface area contributed by atoms with Gasteiger partial charge in [0, 0.05) is 11.1 Å². The predicted octanol–water partition coefficient (Wildman–Crippen LogP) is 2.64. The van der Waals surface area contributed by atoms with Crippen LogP contribution in [0, 0.1) is 0 Å². The molecule has 2 rings (SSSR count). The van der Waals surface area contributed by atoms with Gasteiger partial charge in [-0.25, -0.2) is 0 Å². The summed E-state index contributed by atoms with van der Waals surface area (Å²) in [5.41, 5.74) is 6.97. The second-order valence-electron chi connectivity index (χ2n) is 3.98. The maximum absolute atomic E-state index is 9.22. The zero-order valence-electron chi connectivity index (χ0n) is 7.91. The van der Waals surface area contributed by atoms with Gasteiger partial charge in [0.1, 0.15) is 5.75 Å². The molecule has 3 heteroatoms. The van der Waals surface area contributed by atoms with E-state index in [4.69, 9.17) is 17.3 Å². The lowest BCUT2D eigenvalue weighted by molar-refractivity contribution is 0.475. The molecule has 1 aromatic rings. The third-order valence-electron chi connectivity index (χ3n) is 2.90. The predicted molar refractivity (Wildman–Crippen MR) is 57.7 cm³/mol. The van der Waals surface area contributed by atoms with Gasteiger partial charge < -0.3 is 10.8 Å². The summed E-state index contributed by atoms with van der Waals surface area (Å²) in [6.45, 7) is 0. The number of halogens is 1. The lowest BCUT2D eigenvalue weighted by Gasteiger charge is -2.11. The number of aromatic hydroxyl groups is 1. The van der Waals surface area contributed by atoms with E-state index in [1.165, 1.54) is 0 Å². The van der Waals surface area contributed by atoms with Gasteiger partial charge >= 0.3 is 0 Å². The van der Waals surface area contributed by atoms with E-state index in [2.05, 4.69) is 0 Å². The molecule has 0 heterocycles. The molecular formula is C11H14ClNO. The third kappa shape index (κ3) is 1.86. The van der Waals surface area contributed by atoms with E-state index < -0.39 is 0 Å². The molecule has 0 radical (unpaired) electrons. The number of phenolic OH excluding ortho intramolecular Hbond substituents is 1. The lowest BCUT2D eigenvalue weighted by atomic mass is 9.97. The zero-order valence-corrected chi connectivity index (χ0v) is 8.67. The van der Waals surface area contributed by atoms with Crippen molar-refractivity contribution in [1.29, 1.82) is 0 Å². The zero-order chi connectivity index (χ0) is 10.1. The van der Waals surface area contributed by atoms with E-state index in [1.807, 2.05) is 6.07 Å². The monoisotopic (exact) mass is 211 g/mol. The Kier molecular flexibility index (Phi) is 2.66. The Balaban J connectivity index is 2.24. The Morgan fingerprint density at radius 3 is 2.71 bits per heavy atom. The van der Waals surface area contributed by atoms with Crippen LogP contribution in [-0.2, 0) is 0 Å². The molecule has 2 nitrogen and oxygen atoms in total. The van der Waals surface area contributed by atoms with Crippen molar-refractivity contribution in [2.24, 2.45) is 5.73 Å². The first-order valence-electron chi connectivity index (χ1n) is 4.91. The molecule has 1 fully saturated rings. The van der Waals surface area contributed by atoms with Gasteiger partial charge in [-0.15, -0.1) is 0 Å². The number of rotatable bonds is 1. The summed E-state index contributed by atoms with van der Waals surface area (Å²) in [6, 6.07) is 5.50. The Morgan fingerprint density at radius 1 is 1.36 bits per heavy atom. The molecule has 0 aliphatic heterocycles. The first-order valence-corrected chi connectivity index (χ1v) is 5.28. The van der Waals surface area contributed by atoms with E-state index in [0.29, 0.717) is 17.0 Å². The van der Waals surface area contributed by atoms with Crippen molar-refractivity contribution in [2.45, 2.75) is 31.2 Å². The van der Waals surface area contributed by atoms with E-state index in [9.17, 15) is 5.11 Å². The average molecular weight is 212 g/mol. The van der Waals surface area contributed by atoms with Gasteiger partial charge in [0.2, 0.25) is 0 Å². The smallest absolute Gasteiger partial charge is 0.117 e. The summed E-state index contributed by atoms with van der Waals surface area (Å²) in [5.74, 6) is 0.694. The number of hydrogen-bond acceptors (Lipinski definition) is 2. The summed E-state index contributed by atoms with van der Waals surface area (Å²) in [7, 11) is 0. The highest BCUT2D eigenvalue weighted by atomic mass is 35.5. The minimum atomic E-state index is 0.223. The van der Waals surface area contributed by atoms with Crippen LogP contribution in [0.4, 0.5) is 0 Å². The minimum Gasteiger partial charge on any atom is -0.508 e. The van der Waals surface area contributed by atoms with E-state index >= 15 is 0 Å². The molecule has 0 aromatic heterocycles. The molecule has 0 spiro atoms. The molecule has 0 amide bonds. The van der Waals surface area contributed by atoms with Crippen molar-refractivity contribution in [2.75, 3.05) is 0 Å². The van der Waals surface area contributed by atoms with Crippen LogP contribution in [0.2, 0.25) is 5.02 Å². The molecule has 14 heavy (non-hydrogen) atoms. The van der Waals surface area contributed by atoms with Gasteiger partial charge in [0.05, 0.1) is 0 Å². The Hall–Kier alpha value is -0.730. The van der Waals surface area contributed by atoms with Crippen LogP contribution in [0.1, 0.15) is 30.7 Å². The van der Waals surface area contributed by atoms with Crippen LogP contribution in [-0.4, -0.2) is 11.1 Å². The quantitative estimate of drug-likeness (QED) is 0.750. The van der Waals surface area contributed by atoms with Crippen molar-refractivity contribution < 1.29 is 5.11 Å². The molecule has 1 aromatic carbocycles. The fourth-order valence-corrected chi connectivity index (χ4v) is 2.48. The molecule has 2 atom stereocenters. The SMILES string of the molecule is NC1CCC(c2ccc(O)cc2Cl)C1. The Morgan fingerprint density at radius 2 is 2.14 bits per heavy atom. The van der Waals surface area contributed by atoms with Crippen LogP contribution >= 0.6 is 11.6 Å². The largest absolute Gasteiger partial charge is 0.508 e. The van der Waals surface area contributed by atoms with Crippen molar-refractivity contribution in [1.82, 2.24) is 0 Å². The minimum absolute atomic E-state index is 0.223. The molecule has 0 bridgehead atoms. The summed E-state index contributed by atoms with van der Waals surface area (Å²) < 4.78 is 0. The van der Waals surface area contributed by atoms with Gasteiger partial charge in [0.25, 0.3) is 0 Å². The van der Waals surface area contributed by atoms with Crippen LogP contribution in [0.15, 0.2) is 18.2 Å². The summed E-state index contributed by atoms with van der Waals surface area (Å²) in [5, 5.41) is 9.88. The molecule has 0 saturated heterocycles. The Bertz CT molecular complexity index is 340. The van der Waals surface area contributed by atoms with Crippen molar-refractivity contribution in [3.8, 4) is 5.75 Å². The van der Waals surface area contributed by atoms with Crippen LogP contribution in [0.25, 0.3) is 0 Å². The van der Waals surface area contributed by atoms with Gasteiger partial charge in [-0.3, -0.25) is 0 Å². The van der Waals surface area contributed by atoms with Gasteiger partial charge in [0.15, 0.2) is 0 Å². The van der Waals surface area contributed by atoms with Crippen molar-refractivity contribution >= 4 is 11.6 Å². The Labute approximate surface area is 88.7 Å². The summed E-state index contributed by atoms with van der Waals surface area (Å²) >= 11 is 6.06. The fourth-order valence-electron chi connectivity index (χ4n) is 2.15.